The molecular weight excluding hydrogens is 320 g/mol. The minimum atomic E-state index is -0.262. The minimum Gasteiger partial charge on any atom is -0.379 e. The topological polar surface area (TPSA) is 77.3 Å². The van der Waals surface area contributed by atoms with Crippen LogP contribution < -0.4 is 5.56 Å². The molecule has 1 saturated heterocycles. The average molecular weight is 342 g/mol. The van der Waals surface area contributed by atoms with Crippen molar-refractivity contribution in [1.29, 1.82) is 0 Å². The van der Waals surface area contributed by atoms with Crippen LogP contribution in [0.25, 0.3) is 0 Å². The highest BCUT2D eigenvalue weighted by molar-refractivity contribution is 5.93. The first-order chi connectivity index (χ1) is 12.1. The quantitative estimate of drug-likeness (QED) is 0.825. The maximum atomic E-state index is 12.9. The van der Waals surface area contributed by atoms with Crippen molar-refractivity contribution >= 4 is 5.91 Å². The molecule has 0 aliphatic carbocycles. The summed E-state index contributed by atoms with van der Waals surface area (Å²) >= 11 is 0. The number of rotatable bonds is 3. The molecule has 3 rings (SSSR count). The average Bonchev–Trinajstić information content (AvgIpc) is 2.86. The molecule has 0 saturated carbocycles. The van der Waals surface area contributed by atoms with Crippen molar-refractivity contribution in [3.05, 3.63) is 58.0 Å². The second-order valence-corrected chi connectivity index (χ2v) is 6.35. The Kier molecular flexibility index (Phi) is 5.23. The van der Waals surface area contributed by atoms with Gasteiger partial charge >= 0.3 is 0 Å². The van der Waals surface area contributed by atoms with Crippen molar-refractivity contribution in [2.24, 2.45) is 13.0 Å². The van der Waals surface area contributed by atoms with Crippen LogP contribution in [0.4, 0.5) is 0 Å². The maximum Gasteiger partial charge on any atom is 0.263 e. The molecule has 1 atom stereocenters. The molecule has 1 aliphatic rings. The molecule has 2 aromatic heterocycles. The third-order valence-corrected chi connectivity index (χ3v) is 4.55. The molecule has 1 fully saturated rings. The van der Waals surface area contributed by atoms with Crippen molar-refractivity contribution in [2.45, 2.75) is 13.3 Å². The Labute approximate surface area is 146 Å². The molecule has 1 aliphatic heterocycles. The van der Waals surface area contributed by atoms with Gasteiger partial charge in [0, 0.05) is 43.6 Å². The largest absolute Gasteiger partial charge is 0.379 e. The number of ether oxygens (including phenoxy) is 1. The summed E-state index contributed by atoms with van der Waals surface area (Å²) in [5.41, 5.74) is 1.69. The van der Waals surface area contributed by atoms with Crippen LogP contribution in [-0.2, 0) is 18.2 Å². The lowest BCUT2D eigenvalue weighted by molar-refractivity contribution is 0.0735. The molecular formula is C18H22N4O3. The summed E-state index contributed by atoms with van der Waals surface area (Å²) in [7, 11) is 1.68. The number of hydrogen-bond acceptors (Lipinski definition) is 5. The van der Waals surface area contributed by atoms with Crippen LogP contribution >= 0.6 is 0 Å². The first-order valence-electron chi connectivity index (χ1n) is 8.35. The van der Waals surface area contributed by atoms with E-state index in [4.69, 9.17) is 4.74 Å². The van der Waals surface area contributed by atoms with Crippen molar-refractivity contribution < 1.29 is 9.53 Å². The number of amides is 1. The van der Waals surface area contributed by atoms with Gasteiger partial charge in [-0.3, -0.25) is 9.59 Å². The Morgan fingerprint density at radius 1 is 1.36 bits per heavy atom. The van der Waals surface area contributed by atoms with Crippen LogP contribution in [0.3, 0.4) is 0 Å². The highest BCUT2D eigenvalue weighted by Crippen LogP contribution is 2.14. The van der Waals surface area contributed by atoms with Crippen LogP contribution in [-0.4, -0.2) is 51.6 Å². The van der Waals surface area contributed by atoms with Crippen molar-refractivity contribution in [3.63, 3.8) is 0 Å². The fraction of sp³-hybridized carbons (Fsp3) is 0.444. The van der Waals surface area contributed by atoms with Crippen molar-refractivity contribution in [2.75, 3.05) is 26.3 Å². The summed E-state index contributed by atoms with van der Waals surface area (Å²) in [6.07, 6.45) is 3.93. The van der Waals surface area contributed by atoms with Gasteiger partial charge in [-0.15, -0.1) is 0 Å². The zero-order chi connectivity index (χ0) is 17.8. The number of hydrogen-bond donors (Lipinski definition) is 0. The third-order valence-electron chi connectivity index (χ3n) is 4.55. The predicted octanol–water partition coefficient (Wildman–Crippen LogP) is 0.815. The van der Waals surface area contributed by atoms with E-state index in [1.807, 2.05) is 13.0 Å². The number of aromatic nitrogens is 3. The molecule has 7 nitrogen and oxygen atoms in total. The highest BCUT2D eigenvalue weighted by atomic mass is 16.5. The first kappa shape index (κ1) is 17.3. The van der Waals surface area contributed by atoms with Gasteiger partial charge < -0.3 is 14.2 Å². The Morgan fingerprint density at radius 3 is 2.96 bits per heavy atom. The van der Waals surface area contributed by atoms with Gasteiger partial charge in [-0.1, -0.05) is 0 Å². The Balaban J connectivity index is 1.78. The van der Waals surface area contributed by atoms with Gasteiger partial charge in [0.25, 0.3) is 11.5 Å². The SMILES string of the molecule is Cc1ccc(C(=O)N2CCOC[C@H](Cc3ccncn3)C2)c(=O)n1C. The summed E-state index contributed by atoms with van der Waals surface area (Å²) in [5, 5.41) is 0. The number of carbonyl (C=O) groups is 1. The number of aryl methyl sites for hydroxylation is 1. The van der Waals surface area contributed by atoms with Gasteiger partial charge in [-0.2, -0.15) is 0 Å². The number of nitrogens with zero attached hydrogens (tertiary/aromatic N) is 4. The first-order valence-corrected chi connectivity index (χ1v) is 8.35. The fourth-order valence-electron chi connectivity index (χ4n) is 2.98. The minimum absolute atomic E-state index is 0.135. The van der Waals surface area contributed by atoms with Crippen LogP contribution in [0, 0.1) is 12.8 Å². The van der Waals surface area contributed by atoms with E-state index in [1.165, 1.54) is 10.9 Å². The van der Waals surface area contributed by atoms with E-state index < -0.39 is 0 Å². The van der Waals surface area contributed by atoms with E-state index >= 15 is 0 Å². The molecule has 0 radical (unpaired) electrons. The van der Waals surface area contributed by atoms with E-state index in [9.17, 15) is 9.59 Å². The van der Waals surface area contributed by atoms with Gasteiger partial charge in [-0.05, 0) is 31.5 Å². The van der Waals surface area contributed by atoms with Gasteiger partial charge in [0.05, 0.1) is 13.2 Å². The summed E-state index contributed by atoms with van der Waals surface area (Å²) < 4.78 is 7.15. The van der Waals surface area contributed by atoms with Crippen molar-refractivity contribution in [3.8, 4) is 0 Å². The lowest BCUT2D eigenvalue weighted by atomic mass is 10.0. The molecule has 25 heavy (non-hydrogen) atoms. The number of pyridine rings is 1. The molecule has 2 aromatic rings. The molecule has 132 valence electrons. The molecule has 3 heterocycles. The summed E-state index contributed by atoms with van der Waals surface area (Å²) in [6.45, 7) is 3.90. The van der Waals surface area contributed by atoms with Gasteiger partial charge in [0.15, 0.2) is 0 Å². The predicted molar refractivity (Wildman–Crippen MR) is 92.4 cm³/mol. The summed E-state index contributed by atoms with van der Waals surface area (Å²) in [5.74, 6) is -0.102. The van der Waals surface area contributed by atoms with E-state index in [1.54, 1.807) is 30.3 Å². The summed E-state index contributed by atoms with van der Waals surface area (Å²) in [6, 6.07) is 5.28. The van der Waals surface area contributed by atoms with Gasteiger partial charge in [0.1, 0.15) is 11.9 Å². The second-order valence-electron chi connectivity index (χ2n) is 6.35. The van der Waals surface area contributed by atoms with E-state index in [0.29, 0.717) is 32.7 Å². The molecule has 0 spiro atoms. The Morgan fingerprint density at radius 2 is 2.20 bits per heavy atom. The molecule has 0 unspecified atom stereocenters. The third kappa shape index (κ3) is 3.93. The molecule has 0 N–H and O–H groups in total. The fourth-order valence-corrected chi connectivity index (χ4v) is 2.98. The second kappa shape index (κ2) is 7.57. The molecule has 1 amide bonds. The molecule has 0 aromatic carbocycles. The van der Waals surface area contributed by atoms with E-state index in [0.717, 1.165) is 11.4 Å². The van der Waals surface area contributed by atoms with Crippen LogP contribution in [0.2, 0.25) is 0 Å². The Hall–Kier alpha value is -2.54. The van der Waals surface area contributed by atoms with E-state index in [-0.39, 0.29) is 22.9 Å². The van der Waals surface area contributed by atoms with Crippen LogP contribution in [0.5, 0.6) is 0 Å². The Bertz CT molecular complexity index is 804. The summed E-state index contributed by atoms with van der Waals surface area (Å²) in [4.78, 5) is 35.1. The molecule has 7 heteroatoms. The smallest absolute Gasteiger partial charge is 0.263 e. The normalized spacial score (nSPS) is 18.0. The molecule has 0 bridgehead atoms. The van der Waals surface area contributed by atoms with Crippen molar-refractivity contribution in [1.82, 2.24) is 19.4 Å². The van der Waals surface area contributed by atoms with Gasteiger partial charge in [0.2, 0.25) is 0 Å². The van der Waals surface area contributed by atoms with Gasteiger partial charge in [-0.25, -0.2) is 9.97 Å². The zero-order valence-corrected chi connectivity index (χ0v) is 14.5. The lowest BCUT2D eigenvalue weighted by Gasteiger charge is -2.23. The standard InChI is InChI=1S/C18H22N4O3/c1-13-3-4-16(17(23)21(13)2)18(24)22-7-8-25-11-14(10-22)9-15-5-6-19-12-20-15/h3-6,12,14H,7-11H2,1-2H3/t14-/m1/s1. The number of carbonyl (C=O) groups excluding carboxylic acids is 1. The lowest BCUT2D eigenvalue weighted by Crippen LogP contribution is -2.40. The van der Waals surface area contributed by atoms with E-state index in [2.05, 4.69) is 9.97 Å². The highest BCUT2D eigenvalue weighted by Gasteiger charge is 2.25. The zero-order valence-electron chi connectivity index (χ0n) is 14.5. The van der Waals surface area contributed by atoms with Crippen LogP contribution in [0.15, 0.2) is 35.5 Å². The monoisotopic (exact) mass is 342 g/mol. The van der Waals surface area contributed by atoms with Crippen LogP contribution in [0.1, 0.15) is 21.7 Å². The maximum absolute atomic E-state index is 12.9.